The Morgan fingerprint density at radius 3 is 2.65 bits per heavy atom. The van der Waals surface area contributed by atoms with Gasteiger partial charge in [0.1, 0.15) is 23.9 Å². The molecule has 0 bridgehead atoms. The highest BCUT2D eigenvalue weighted by atomic mass is 35.5. The molecule has 0 N–H and O–H groups in total. The van der Waals surface area contributed by atoms with Gasteiger partial charge in [0.05, 0.1) is 14.2 Å². The van der Waals surface area contributed by atoms with E-state index in [2.05, 4.69) is 0 Å². The lowest BCUT2D eigenvalue weighted by atomic mass is 9.99. The molecule has 0 saturated heterocycles. The molecule has 0 amide bonds. The standard InChI is InChI=1S/C16H14ClO3/c1-18-12-7-10-5-6-20-16(10)14(9-12)13-8-11(17)3-4-15(13)19-2/h3-4,6-9H,5H2,1-2H3. The Bertz CT molecular complexity index is 652. The fourth-order valence-electron chi connectivity index (χ4n) is 2.37. The molecule has 0 unspecified atom stereocenters. The van der Waals surface area contributed by atoms with E-state index in [4.69, 9.17) is 25.8 Å². The zero-order valence-corrected chi connectivity index (χ0v) is 12.0. The lowest BCUT2D eigenvalue weighted by molar-refractivity contribution is 0.410. The predicted octanol–water partition coefficient (Wildman–Crippen LogP) is 4.12. The molecule has 20 heavy (non-hydrogen) atoms. The van der Waals surface area contributed by atoms with Crippen molar-refractivity contribution >= 4 is 11.6 Å². The fraction of sp³-hybridized carbons (Fsp3) is 0.188. The molecule has 1 radical (unpaired) electrons. The average Bonchev–Trinajstić information content (AvgIpc) is 2.94. The summed E-state index contributed by atoms with van der Waals surface area (Å²) in [6.45, 7) is 1.78. The largest absolute Gasteiger partial charge is 0.497 e. The van der Waals surface area contributed by atoms with Crippen LogP contribution in [0.5, 0.6) is 17.2 Å². The van der Waals surface area contributed by atoms with Gasteiger partial charge in [0.2, 0.25) is 0 Å². The molecule has 103 valence electrons. The van der Waals surface area contributed by atoms with E-state index in [1.54, 1.807) is 26.9 Å². The summed E-state index contributed by atoms with van der Waals surface area (Å²) in [5.41, 5.74) is 2.92. The monoisotopic (exact) mass is 289 g/mol. The maximum atomic E-state index is 6.11. The first-order chi connectivity index (χ1) is 9.72. The second-order valence-corrected chi connectivity index (χ2v) is 4.93. The maximum absolute atomic E-state index is 6.11. The van der Waals surface area contributed by atoms with E-state index in [0.717, 1.165) is 40.4 Å². The third kappa shape index (κ3) is 2.18. The van der Waals surface area contributed by atoms with Crippen molar-refractivity contribution in [2.75, 3.05) is 14.2 Å². The van der Waals surface area contributed by atoms with Gasteiger partial charge in [0.15, 0.2) is 0 Å². The lowest BCUT2D eigenvalue weighted by Crippen LogP contribution is -1.92. The van der Waals surface area contributed by atoms with Gasteiger partial charge in [-0.2, -0.15) is 0 Å². The normalized spacial score (nSPS) is 12.8. The Balaban J connectivity index is 2.24. The summed E-state index contributed by atoms with van der Waals surface area (Å²) in [5.74, 6) is 2.38. The maximum Gasteiger partial charge on any atom is 0.140 e. The van der Waals surface area contributed by atoms with Crippen LogP contribution < -0.4 is 14.2 Å². The first-order valence-corrected chi connectivity index (χ1v) is 6.64. The Morgan fingerprint density at radius 2 is 1.90 bits per heavy atom. The SMILES string of the molecule is COc1cc2c(c(-c3cc(Cl)ccc3OC)c1)O[CH]C2. The number of fused-ring (bicyclic) bond motifs is 1. The summed E-state index contributed by atoms with van der Waals surface area (Å²) < 4.78 is 16.4. The highest BCUT2D eigenvalue weighted by Gasteiger charge is 2.22. The molecule has 3 nitrogen and oxygen atoms in total. The predicted molar refractivity (Wildman–Crippen MR) is 78.6 cm³/mol. The summed E-state index contributed by atoms with van der Waals surface area (Å²) in [6.07, 6.45) is 0.766. The van der Waals surface area contributed by atoms with Gasteiger partial charge in [0, 0.05) is 28.1 Å². The van der Waals surface area contributed by atoms with Gasteiger partial charge in [0.25, 0.3) is 0 Å². The third-order valence-electron chi connectivity index (χ3n) is 3.33. The van der Waals surface area contributed by atoms with E-state index in [0.29, 0.717) is 5.02 Å². The Morgan fingerprint density at radius 1 is 1.05 bits per heavy atom. The second kappa shape index (κ2) is 5.25. The summed E-state index contributed by atoms with van der Waals surface area (Å²) in [7, 11) is 3.29. The summed E-state index contributed by atoms with van der Waals surface area (Å²) in [6, 6.07) is 9.45. The van der Waals surface area contributed by atoms with Gasteiger partial charge in [-0.05, 0) is 30.3 Å². The van der Waals surface area contributed by atoms with Crippen LogP contribution in [0.3, 0.4) is 0 Å². The van der Waals surface area contributed by atoms with Crippen LogP contribution in [-0.4, -0.2) is 14.2 Å². The third-order valence-corrected chi connectivity index (χ3v) is 3.57. The zero-order chi connectivity index (χ0) is 14.1. The molecule has 0 aliphatic carbocycles. The summed E-state index contributed by atoms with van der Waals surface area (Å²) in [5, 5.41) is 0.652. The minimum Gasteiger partial charge on any atom is -0.497 e. The molecule has 0 saturated carbocycles. The molecule has 4 heteroatoms. The van der Waals surface area contributed by atoms with Crippen LogP contribution in [0.4, 0.5) is 0 Å². The molecule has 3 rings (SSSR count). The van der Waals surface area contributed by atoms with Crippen molar-refractivity contribution in [3.63, 3.8) is 0 Å². The molecular weight excluding hydrogens is 276 g/mol. The number of halogens is 1. The average molecular weight is 290 g/mol. The van der Waals surface area contributed by atoms with Crippen LogP contribution in [0, 0.1) is 6.61 Å². The quantitative estimate of drug-likeness (QED) is 0.850. The van der Waals surface area contributed by atoms with Crippen LogP contribution in [0.25, 0.3) is 11.1 Å². The topological polar surface area (TPSA) is 27.7 Å². The van der Waals surface area contributed by atoms with E-state index < -0.39 is 0 Å². The van der Waals surface area contributed by atoms with Crippen molar-refractivity contribution in [3.05, 3.63) is 47.5 Å². The van der Waals surface area contributed by atoms with Gasteiger partial charge in [-0.1, -0.05) is 11.6 Å². The summed E-state index contributed by atoms with van der Waals surface area (Å²) in [4.78, 5) is 0. The van der Waals surface area contributed by atoms with Crippen molar-refractivity contribution in [1.29, 1.82) is 0 Å². The van der Waals surface area contributed by atoms with Gasteiger partial charge in [-0.3, -0.25) is 0 Å². The molecule has 2 aromatic rings. The Hall–Kier alpha value is -1.87. The van der Waals surface area contributed by atoms with Crippen molar-refractivity contribution in [2.45, 2.75) is 6.42 Å². The van der Waals surface area contributed by atoms with Crippen LogP contribution in [0.15, 0.2) is 30.3 Å². The molecule has 2 aromatic carbocycles. The van der Waals surface area contributed by atoms with E-state index in [1.807, 2.05) is 24.3 Å². The molecule has 0 fully saturated rings. The van der Waals surface area contributed by atoms with Gasteiger partial charge < -0.3 is 14.2 Å². The van der Waals surface area contributed by atoms with E-state index in [9.17, 15) is 0 Å². The second-order valence-electron chi connectivity index (χ2n) is 4.50. The van der Waals surface area contributed by atoms with Crippen molar-refractivity contribution in [3.8, 4) is 28.4 Å². The number of hydrogen-bond acceptors (Lipinski definition) is 3. The minimum atomic E-state index is 0.652. The minimum absolute atomic E-state index is 0.652. The van der Waals surface area contributed by atoms with E-state index >= 15 is 0 Å². The van der Waals surface area contributed by atoms with E-state index in [-0.39, 0.29) is 0 Å². The first kappa shape index (κ1) is 13.1. The highest BCUT2D eigenvalue weighted by molar-refractivity contribution is 6.31. The van der Waals surface area contributed by atoms with Gasteiger partial charge >= 0.3 is 0 Å². The van der Waals surface area contributed by atoms with Crippen molar-refractivity contribution in [1.82, 2.24) is 0 Å². The van der Waals surface area contributed by atoms with Crippen molar-refractivity contribution < 1.29 is 14.2 Å². The molecular formula is C16H14ClO3. The van der Waals surface area contributed by atoms with Crippen LogP contribution in [0.2, 0.25) is 5.02 Å². The van der Waals surface area contributed by atoms with Crippen LogP contribution in [-0.2, 0) is 6.42 Å². The number of methoxy groups -OCH3 is 2. The molecule has 1 aliphatic rings. The molecule has 0 atom stereocenters. The number of rotatable bonds is 3. The van der Waals surface area contributed by atoms with Crippen molar-refractivity contribution in [2.24, 2.45) is 0 Å². The zero-order valence-electron chi connectivity index (χ0n) is 11.3. The number of hydrogen-bond donors (Lipinski definition) is 0. The van der Waals surface area contributed by atoms with Crippen LogP contribution >= 0.6 is 11.6 Å². The lowest BCUT2D eigenvalue weighted by Gasteiger charge is -2.14. The van der Waals surface area contributed by atoms with Crippen LogP contribution in [0.1, 0.15) is 5.56 Å². The Kier molecular flexibility index (Phi) is 3.45. The molecule has 0 aromatic heterocycles. The Labute approximate surface area is 123 Å². The smallest absolute Gasteiger partial charge is 0.140 e. The van der Waals surface area contributed by atoms with Gasteiger partial charge in [-0.25, -0.2) is 0 Å². The molecule has 0 spiro atoms. The fourth-order valence-corrected chi connectivity index (χ4v) is 2.55. The number of benzene rings is 2. The first-order valence-electron chi connectivity index (χ1n) is 6.26. The van der Waals surface area contributed by atoms with E-state index in [1.165, 1.54) is 0 Å². The molecule has 1 aliphatic heterocycles. The van der Waals surface area contributed by atoms with Gasteiger partial charge in [-0.15, -0.1) is 0 Å². The highest BCUT2D eigenvalue weighted by Crippen LogP contribution is 2.44. The number of ether oxygens (including phenoxy) is 3. The molecule has 1 heterocycles. The summed E-state index contributed by atoms with van der Waals surface area (Å²) >= 11 is 6.11.